The lowest BCUT2D eigenvalue weighted by atomic mass is 9.96. The van der Waals surface area contributed by atoms with Gasteiger partial charge in [-0.25, -0.2) is 0 Å². The third-order valence-corrected chi connectivity index (χ3v) is 5.53. The van der Waals surface area contributed by atoms with Gasteiger partial charge in [0, 0.05) is 24.5 Å². The molecule has 3 heterocycles. The second-order valence-corrected chi connectivity index (χ2v) is 7.85. The number of carbonyl (C=O) groups excluding carboxylic acids is 1. The molecule has 29 heavy (non-hydrogen) atoms. The van der Waals surface area contributed by atoms with Crippen LogP contribution in [0, 0.1) is 12.8 Å². The summed E-state index contributed by atoms with van der Waals surface area (Å²) in [5.74, 6) is 2.53. The van der Waals surface area contributed by atoms with Gasteiger partial charge in [-0.15, -0.1) is 0 Å². The van der Waals surface area contributed by atoms with Gasteiger partial charge in [0.15, 0.2) is 0 Å². The normalized spacial score (nSPS) is 15.5. The molecular weight excluding hydrogens is 364 g/mol. The number of hydrogen-bond acceptors (Lipinski definition) is 4. The van der Waals surface area contributed by atoms with Crippen molar-refractivity contribution in [3.63, 3.8) is 0 Å². The Morgan fingerprint density at radius 3 is 2.76 bits per heavy atom. The average molecular weight is 393 g/mol. The van der Waals surface area contributed by atoms with Crippen molar-refractivity contribution >= 4 is 5.91 Å². The Bertz CT molecular complexity index is 924. The second kappa shape index (κ2) is 9.09. The molecule has 0 spiro atoms. The van der Waals surface area contributed by atoms with E-state index in [4.69, 9.17) is 4.42 Å². The zero-order valence-corrected chi connectivity index (χ0v) is 16.9. The number of amides is 1. The third-order valence-electron chi connectivity index (χ3n) is 5.53. The van der Waals surface area contributed by atoms with Crippen LogP contribution in [0.15, 0.2) is 59.3 Å². The molecule has 0 bridgehead atoms. The number of likely N-dealkylation sites (tertiary alicyclic amines) is 1. The van der Waals surface area contributed by atoms with Crippen LogP contribution in [-0.4, -0.2) is 40.2 Å². The zero-order valence-electron chi connectivity index (χ0n) is 16.9. The molecule has 0 aliphatic carbocycles. The Morgan fingerprint density at radius 2 is 2.03 bits per heavy atom. The number of rotatable bonds is 7. The van der Waals surface area contributed by atoms with Gasteiger partial charge in [-0.05, 0) is 74.7 Å². The first-order chi connectivity index (χ1) is 14.2. The number of nitrogens with zero attached hydrogens (tertiary/aromatic N) is 3. The standard InChI is InChI=1S/C23H28N4O2/c1-18-6-7-22(29-18)17-26-12-8-19(9-13-26)15-24-23(28)21-5-2-4-20(14-21)16-27-11-3-10-25-27/h2-7,10-11,14,19H,8-9,12-13,15-17H2,1H3,(H,24,28). The van der Waals surface area contributed by atoms with Crippen molar-refractivity contribution in [1.29, 1.82) is 0 Å². The summed E-state index contributed by atoms with van der Waals surface area (Å²) in [6.45, 7) is 6.33. The molecule has 6 heteroatoms. The molecule has 0 radical (unpaired) electrons. The highest BCUT2D eigenvalue weighted by molar-refractivity contribution is 5.94. The van der Waals surface area contributed by atoms with Crippen LogP contribution in [0.4, 0.5) is 0 Å². The van der Waals surface area contributed by atoms with Gasteiger partial charge >= 0.3 is 0 Å². The molecule has 3 aromatic rings. The van der Waals surface area contributed by atoms with Crippen molar-refractivity contribution in [1.82, 2.24) is 20.0 Å². The first-order valence-corrected chi connectivity index (χ1v) is 10.3. The number of piperidine rings is 1. The fourth-order valence-corrected chi connectivity index (χ4v) is 3.87. The zero-order chi connectivity index (χ0) is 20.1. The summed E-state index contributed by atoms with van der Waals surface area (Å²) in [5, 5.41) is 7.35. The minimum atomic E-state index is 0.000746. The summed E-state index contributed by atoms with van der Waals surface area (Å²) in [6.07, 6.45) is 5.88. The molecule has 1 amide bonds. The Balaban J connectivity index is 1.23. The van der Waals surface area contributed by atoms with E-state index in [1.54, 1.807) is 6.20 Å². The van der Waals surface area contributed by atoms with E-state index in [9.17, 15) is 4.79 Å². The molecule has 6 nitrogen and oxygen atoms in total. The van der Waals surface area contributed by atoms with Gasteiger partial charge < -0.3 is 9.73 Å². The monoisotopic (exact) mass is 392 g/mol. The maximum Gasteiger partial charge on any atom is 0.251 e. The van der Waals surface area contributed by atoms with Gasteiger partial charge in [0.1, 0.15) is 11.5 Å². The molecule has 0 unspecified atom stereocenters. The third kappa shape index (κ3) is 5.35. The molecular formula is C23H28N4O2. The first kappa shape index (κ1) is 19.5. The van der Waals surface area contributed by atoms with Crippen LogP contribution in [0.3, 0.4) is 0 Å². The maximum absolute atomic E-state index is 12.6. The average Bonchev–Trinajstić information content (AvgIpc) is 3.39. The van der Waals surface area contributed by atoms with E-state index in [-0.39, 0.29) is 5.91 Å². The van der Waals surface area contributed by atoms with Crippen LogP contribution in [0.25, 0.3) is 0 Å². The minimum absolute atomic E-state index is 0.000746. The minimum Gasteiger partial charge on any atom is -0.465 e. The van der Waals surface area contributed by atoms with E-state index in [0.717, 1.165) is 56.1 Å². The summed E-state index contributed by atoms with van der Waals surface area (Å²) < 4.78 is 7.54. The summed E-state index contributed by atoms with van der Waals surface area (Å²) >= 11 is 0. The molecule has 4 rings (SSSR count). The SMILES string of the molecule is Cc1ccc(CN2CCC(CNC(=O)c3cccc(Cn4cccn4)c3)CC2)o1. The molecule has 1 aromatic carbocycles. The maximum atomic E-state index is 12.6. The smallest absolute Gasteiger partial charge is 0.251 e. The quantitative estimate of drug-likeness (QED) is 0.669. The van der Waals surface area contributed by atoms with Crippen LogP contribution in [0.5, 0.6) is 0 Å². The van der Waals surface area contributed by atoms with Gasteiger partial charge in [-0.2, -0.15) is 5.10 Å². The topological polar surface area (TPSA) is 63.3 Å². The van der Waals surface area contributed by atoms with Crippen LogP contribution >= 0.6 is 0 Å². The number of aromatic nitrogens is 2. The Morgan fingerprint density at radius 1 is 1.17 bits per heavy atom. The lowest BCUT2D eigenvalue weighted by Gasteiger charge is -2.31. The Hall–Kier alpha value is -2.86. The molecule has 0 atom stereocenters. The van der Waals surface area contributed by atoms with Gasteiger partial charge in [0.2, 0.25) is 0 Å². The number of nitrogens with one attached hydrogen (secondary N) is 1. The highest BCUT2D eigenvalue weighted by Crippen LogP contribution is 2.19. The lowest BCUT2D eigenvalue weighted by Crippen LogP contribution is -2.38. The largest absolute Gasteiger partial charge is 0.465 e. The van der Waals surface area contributed by atoms with Gasteiger partial charge in [0.25, 0.3) is 5.91 Å². The van der Waals surface area contributed by atoms with Crippen molar-refractivity contribution in [2.24, 2.45) is 5.92 Å². The van der Waals surface area contributed by atoms with Crippen molar-refractivity contribution in [2.75, 3.05) is 19.6 Å². The first-order valence-electron chi connectivity index (χ1n) is 10.3. The Labute approximate surface area is 171 Å². The predicted molar refractivity (Wildman–Crippen MR) is 112 cm³/mol. The molecule has 0 saturated carbocycles. The van der Waals surface area contributed by atoms with Crippen molar-refractivity contribution in [3.8, 4) is 0 Å². The lowest BCUT2D eigenvalue weighted by molar-refractivity contribution is 0.0934. The van der Waals surface area contributed by atoms with E-state index in [1.165, 1.54) is 0 Å². The molecule has 1 aliphatic rings. The molecule has 1 fully saturated rings. The van der Waals surface area contributed by atoms with Crippen molar-refractivity contribution < 1.29 is 9.21 Å². The number of furan rings is 1. The fourth-order valence-electron chi connectivity index (χ4n) is 3.87. The highest BCUT2D eigenvalue weighted by Gasteiger charge is 2.20. The number of aryl methyl sites for hydroxylation is 1. The van der Waals surface area contributed by atoms with Crippen LogP contribution in [-0.2, 0) is 13.1 Å². The second-order valence-electron chi connectivity index (χ2n) is 7.85. The summed E-state index contributed by atoms with van der Waals surface area (Å²) in [5.41, 5.74) is 1.78. The van der Waals surface area contributed by atoms with Gasteiger partial charge in [-0.1, -0.05) is 12.1 Å². The van der Waals surface area contributed by atoms with E-state index in [1.807, 2.05) is 54.2 Å². The van der Waals surface area contributed by atoms with Gasteiger partial charge in [0.05, 0.1) is 13.1 Å². The van der Waals surface area contributed by atoms with Crippen LogP contribution < -0.4 is 5.32 Å². The molecule has 1 N–H and O–H groups in total. The number of benzene rings is 1. The van der Waals surface area contributed by atoms with Crippen molar-refractivity contribution in [3.05, 3.63) is 77.5 Å². The highest BCUT2D eigenvalue weighted by atomic mass is 16.3. The summed E-state index contributed by atoms with van der Waals surface area (Å²) in [6, 6.07) is 13.7. The molecule has 1 saturated heterocycles. The predicted octanol–water partition coefficient (Wildman–Crippen LogP) is 3.47. The van der Waals surface area contributed by atoms with Crippen LogP contribution in [0.2, 0.25) is 0 Å². The van der Waals surface area contributed by atoms with Crippen molar-refractivity contribution in [2.45, 2.75) is 32.9 Å². The van der Waals surface area contributed by atoms with E-state index in [2.05, 4.69) is 21.4 Å². The van der Waals surface area contributed by atoms with Crippen LogP contribution in [0.1, 0.15) is 40.3 Å². The number of hydrogen-bond donors (Lipinski definition) is 1. The van der Waals surface area contributed by atoms with E-state index >= 15 is 0 Å². The molecule has 152 valence electrons. The number of carbonyl (C=O) groups is 1. The summed E-state index contributed by atoms with van der Waals surface area (Å²) in [7, 11) is 0. The van der Waals surface area contributed by atoms with E-state index in [0.29, 0.717) is 18.0 Å². The Kier molecular flexibility index (Phi) is 6.10. The fraction of sp³-hybridized carbons (Fsp3) is 0.391. The van der Waals surface area contributed by atoms with E-state index < -0.39 is 0 Å². The van der Waals surface area contributed by atoms with Gasteiger partial charge in [-0.3, -0.25) is 14.4 Å². The summed E-state index contributed by atoms with van der Waals surface area (Å²) in [4.78, 5) is 15.0. The molecule has 1 aliphatic heterocycles. The molecule has 2 aromatic heterocycles.